The van der Waals surface area contributed by atoms with Crippen LogP contribution in [0, 0.1) is 0 Å². The number of aromatic amines is 1. The summed E-state index contributed by atoms with van der Waals surface area (Å²) < 4.78 is 1.79. The third-order valence-corrected chi connectivity index (χ3v) is 1.57. The molecule has 2 rings (SSSR count). The Bertz CT molecular complexity index is 348. The monoisotopic (exact) mass is 163 g/mol. The van der Waals surface area contributed by atoms with Gasteiger partial charge in [-0.25, -0.2) is 9.97 Å². The fraction of sp³-hybridized carbons (Fsp3) is 0.143. The predicted octanol–water partition coefficient (Wildman–Crippen LogP) is 0.0541. The number of nitrogens with zero attached hydrogens (tertiary/aromatic N) is 3. The van der Waals surface area contributed by atoms with Crippen molar-refractivity contribution in [3.8, 4) is 5.95 Å². The van der Waals surface area contributed by atoms with E-state index in [9.17, 15) is 0 Å². The second kappa shape index (κ2) is 2.78. The van der Waals surface area contributed by atoms with E-state index in [1.807, 2.05) is 6.20 Å². The van der Waals surface area contributed by atoms with Crippen LogP contribution in [0.1, 0.15) is 5.69 Å². The van der Waals surface area contributed by atoms with Crippen molar-refractivity contribution in [3.63, 3.8) is 0 Å². The molecule has 5 heteroatoms. The zero-order chi connectivity index (χ0) is 8.39. The highest BCUT2D eigenvalue weighted by Crippen LogP contribution is 2.01. The Morgan fingerprint density at radius 1 is 1.50 bits per heavy atom. The van der Waals surface area contributed by atoms with E-state index in [4.69, 9.17) is 5.73 Å². The lowest BCUT2D eigenvalue weighted by molar-refractivity contribution is 0.958. The molecule has 0 aliphatic carbocycles. The van der Waals surface area contributed by atoms with Crippen LogP contribution < -0.4 is 5.73 Å². The lowest BCUT2D eigenvalue weighted by atomic mass is 10.5. The molecule has 62 valence electrons. The Morgan fingerprint density at radius 3 is 3.00 bits per heavy atom. The summed E-state index contributed by atoms with van der Waals surface area (Å²) in [5, 5.41) is 0. The highest BCUT2D eigenvalue weighted by molar-refractivity contribution is 5.12. The van der Waals surface area contributed by atoms with Crippen molar-refractivity contribution in [1.29, 1.82) is 0 Å². The van der Waals surface area contributed by atoms with E-state index >= 15 is 0 Å². The van der Waals surface area contributed by atoms with Crippen LogP contribution in [0.4, 0.5) is 0 Å². The lowest BCUT2D eigenvalue weighted by Gasteiger charge is -1.92. The van der Waals surface area contributed by atoms with E-state index in [0.29, 0.717) is 6.54 Å². The average molecular weight is 163 g/mol. The third-order valence-electron chi connectivity index (χ3n) is 1.57. The van der Waals surface area contributed by atoms with E-state index in [-0.39, 0.29) is 0 Å². The van der Waals surface area contributed by atoms with Gasteiger partial charge < -0.3 is 10.7 Å². The summed E-state index contributed by atoms with van der Waals surface area (Å²) in [5.74, 6) is 0.752. The number of imidazole rings is 2. The molecule has 0 saturated carbocycles. The number of hydrogen-bond donors (Lipinski definition) is 2. The van der Waals surface area contributed by atoms with Gasteiger partial charge in [0.15, 0.2) is 0 Å². The second-order valence-electron chi connectivity index (χ2n) is 2.39. The molecule has 0 amide bonds. The van der Waals surface area contributed by atoms with Gasteiger partial charge in [-0.2, -0.15) is 0 Å². The van der Waals surface area contributed by atoms with E-state index < -0.39 is 0 Å². The number of rotatable bonds is 2. The van der Waals surface area contributed by atoms with Gasteiger partial charge in [0.1, 0.15) is 6.33 Å². The van der Waals surface area contributed by atoms with Crippen molar-refractivity contribution < 1.29 is 0 Å². The Labute approximate surface area is 69.3 Å². The summed E-state index contributed by atoms with van der Waals surface area (Å²) in [4.78, 5) is 11.1. The van der Waals surface area contributed by atoms with Gasteiger partial charge in [0, 0.05) is 25.1 Å². The minimum absolute atomic E-state index is 0.452. The summed E-state index contributed by atoms with van der Waals surface area (Å²) >= 11 is 0. The molecule has 0 bridgehead atoms. The molecule has 3 N–H and O–H groups in total. The zero-order valence-corrected chi connectivity index (χ0v) is 6.44. The first-order valence-electron chi connectivity index (χ1n) is 3.63. The normalized spacial score (nSPS) is 10.4. The standard InChI is InChI=1S/C7H9N5/c8-3-6-4-12(5-11-6)7-9-1-2-10-7/h1-2,4-5H,3,8H2,(H,9,10). The quantitative estimate of drug-likeness (QED) is 0.657. The largest absolute Gasteiger partial charge is 0.330 e. The van der Waals surface area contributed by atoms with Crippen molar-refractivity contribution in [2.75, 3.05) is 0 Å². The molecule has 2 aromatic rings. The van der Waals surface area contributed by atoms with Crippen LogP contribution in [0.2, 0.25) is 0 Å². The molecule has 0 saturated heterocycles. The van der Waals surface area contributed by atoms with Crippen LogP contribution in [-0.2, 0) is 6.54 Å². The van der Waals surface area contributed by atoms with E-state index in [2.05, 4.69) is 15.0 Å². The van der Waals surface area contributed by atoms with E-state index in [0.717, 1.165) is 11.6 Å². The van der Waals surface area contributed by atoms with Crippen LogP contribution in [0.5, 0.6) is 0 Å². The van der Waals surface area contributed by atoms with Crippen molar-refractivity contribution >= 4 is 0 Å². The molecule has 12 heavy (non-hydrogen) atoms. The Balaban J connectivity index is 2.35. The van der Waals surface area contributed by atoms with Crippen molar-refractivity contribution in [1.82, 2.24) is 19.5 Å². The minimum Gasteiger partial charge on any atom is -0.330 e. The fourth-order valence-corrected chi connectivity index (χ4v) is 0.983. The molecule has 0 spiro atoms. The molecule has 0 unspecified atom stereocenters. The van der Waals surface area contributed by atoms with Crippen molar-refractivity contribution in [2.45, 2.75) is 6.54 Å². The fourth-order valence-electron chi connectivity index (χ4n) is 0.983. The molecular formula is C7H9N5. The molecule has 0 aliphatic rings. The van der Waals surface area contributed by atoms with Gasteiger partial charge >= 0.3 is 0 Å². The van der Waals surface area contributed by atoms with Crippen LogP contribution in [0.15, 0.2) is 24.9 Å². The Morgan fingerprint density at radius 2 is 2.42 bits per heavy atom. The number of aromatic nitrogens is 4. The van der Waals surface area contributed by atoms with Gasteiger partial charge in [-0.1, -0.05) is 0 Å². The molecule has 2 aromatic heterocycles. The maximum absolute atomic E-state index is 5.41. The molecular weight excluding hydrogens is 154 g/mol. The van der Waals surface area contributed by atoms with E-state index in [1.165, 1.54) is 0 Å². The minimum atomic E-state index is 0.452. The first kappa shape index (κ1) is 7.05. The van der Waals surface area contributed by atoms with Gasteiger partial charge in [-0.05, 0) is 0 Å². The summed E-state index contributed by atoms with van der Waals surface area (Å²) in [7, 11) is 0. The van der Waals surface area contributed by atoms with Crippen LogP contribution in [0.3, 0.4) is 0 Å². The maximum Gasteiger partial charge on any atom is 0.212 e. The average Bonchev–Trinajstić information content (AvgIpc) is 2.75. The highest BCUT2D eigenvalue weighted by atomic mass is 15.2. The molecule has 0 fully saturated rings. The van der Waals surface area contributed by atoms with Crippen LogP contribution >= 0.6 is 0 Å². The molecule has 0 atom stereocenters. The summed E-state index contributed by atoms with van der Waals surface area (Å²) in [6.07, 6.45) is 6.98. The van der Waals surface area contributed by atoms with Crippen LogP contribution in [-0.4, -0.2) is 19.5 Å². The second-order valence-corrected chi connectivity index (χ2v) is 2.39. The van der Waals surface area contributed by atoms with Gasteiger partial charge in [0.2, 0.25) is 5.95 Å². The first-order valence-corrected chi connectivity index (χ1v) is 3.63. The van der Waals surface area contributed by atoms with Crippen molar-refractivity contribution in [3.05, 3.63) is 30.6 Å². The molecule has 0 aromatic carbocycles. The zero-order valence-electron chi connectivity index (χ0n) is 6.44. The molecule has 0 aliphatic heterocycles. The van der Waals surface area contributed by atoms with Gasteiger partial charge in [-0.15, -0.1) is 0 Å². The SMILES string of the molecule is NCc1cn(-c2ncc[nH]2)cn1. The topological polar surface area (TPSA) is 72.5 Å². The maximum atomic E-state index is 5.41. The summed E-state index contributed by atoms with van der Waals surface area (Å²) in [5.41, 5.74) is 6.26. The van der Waals surface area contributed by atoms with Gasteiger partial charge in [0.05, 0.1) is 5.69 Å². The van der Waals surface area contributed by atoms with Gasteiger partial charge in [-0.3, -0.25) is 4.57 Å². The molecule has 2 heterocycles. The molecule has 0 radical (unpaired) electrons. The Kier molecular flexibility index (Phi) is 1.64. The first-order chi connectivity index (χ1) is 5.90. The summed E-state index contributed by atoms with van der Waals surface area (Å²) in [6.45, 7) is 0.452. The third kappa shape index (κ3) is 1.10. The number of nitrogens with two attached hydrogens (primary N) is 1. The number of H-pyrrole nitrogens is 1. The number of hydrogen-bond acceptors (Lipinski definition) is 3. The lowest BCUT2D eigenvalue weighted by Crippen LogP contribution is -1.96. The number of nitrogens with one attached hydrogen (secondary N) is 1. The van der Waals surface area contributed by atoms with E-state index in [1.54, 1.807) is 23.3 Å². The van der Waals surface area contributed by atoms with Crippen molar-refractivity contribution in [2.24, 2.45) is 5.73 Å². The summed E-state index contributed by atoms with van der Waals surface area (Å²) in [6, 6.07) is 0. The van der Waals surface area contributed by atoms with Crippen LogP contribution in [0.25, 0.3) is 5.95 Å². The molecule has 5 nitrogen and oxygen atoms in total. The smallest absolute Gasteiger partial charge is 0.212 e. The predicted molar refractivity (Wildman–Crippen MR) is 43.6 cm³/mol. The highest BCUT2D eigenvalue weighted by Gasteiger charge is 1.99. The van der Waals surface area contributed by atoms with Gasteiger partial charge in [0.25, 0.3) is 0 Å². The Hall–Kier alpha value is -1.62.